The van der Waals surface area contributed by atoms with Crippen molar-refractivity contribution in [1.29, 1.82) is 0 Å². The zero-order valence-corrected chi connectivity index (χ0v) is 10.3. The Kier molecular flexibility index (Phi) is 3.32. The third-order valence-electron chi connectivity index (χ3n) is 2.40. The minimum Gasteiger partial charge on any atom is -0.491 e. The normalized spacial score (nSPS) is 10.6. The monoisotopic (exact) mass is 245 g/mol. The van der Waals surface area contributed by atoms with Crippen LogP contribution in [0, 0.1) is 0 Å². The number of ether oxygens (including phenoxy) is 1. The highest BCUT2D eigenvalue weighted by Gasteiger charge is 2.14. The van der Waals surface area contributed by atoms with Gasteiger partial charge in [0.2, 0.25) is 0 Å². The second-order valence-corrected chi connectivity index (χ2v) is 4.22. The number of H-pyrrole nitrogens is 1. The number of carbonyl (C=O) groups is 1. The first-order valence-corrected chi connectivity index (χ1v) is 5.68. The predicted octanol–water partition coefficient (Wildman–Crippen LogP) is 2.01. The number of benzene rings is 1. The van der Waals surface area contributed by atoms with Crippen molar-refractivity contribution in [2.75, 3.05) is 5.73 Å². The fourth-order valence-electron chi connectivity index (χ4n) is 1.59. The number of aromatic amines is 1. The third kappa shape index (κ3) is 2.51. The summed E-state index contributed by atoms with van der Waals surface area (Å²) in [5, 5.41) is 6.27. The summed E-state index contributed by atoms with van der Waals surface area (Å²) in [5.74, 6) is 0.863. The molecule has 1 aromatic carbocycles. The van der Waals surface area contributed by atoms with Crippen LogP contribution in [0.1, 0.15) is 29.8 Å². The van der Waals surface area contributed by atoms with E-state index in [0.29, 0.717) is 11.1 Å². The van der Waals surface area contributed by atoms with Gasteiger partial charge in [0.15, 0.2) is 5.78 Å². The van der Waals surface area contributed by atoms with E-state index in [2.05, 4.69) is 10.2 Å². The first-order valence-electron chi connectivity index (χ1n) is 5.68. The van der Waals surface area contributed by atoms with Crippen LogP contribution in [0.25, 0.3) is 0 Å². The topological polar surface area (TPSA) is 81.0 Å². The van der Waals surface area contributed by atoms with Gasteiger partial charge in [0.25, 0.3) is 0 Å². The van der Waals surface area contributed by atoms with Crippen LogP contribution in [0.4, 0.5) is 5.82 Å². The molecule has 3 N–H and O–H groups in total. The van der Waals surface area contributed by atoms with E-state index in [4.69, 9.17) is 10.5 Å². The Bertz CT molecular complexity index is 544. The Hall–Kier alpha value is -2.30. The van der Waals surface area contributed by atoms with Gasteiger partial charge in [-0.2, -0.15) is 5.10 Å². The molecule has 0 radical (unpaired) electrons. The number of hydrogen-bond acceptors (Lipinski definition) is 4. The molecule has 18 heavy (non-hydrogen) atoms. The standard InChI is InChI=1S/C13H15N3O2/c1-8(2)18-10-5-3-9(4-6-10)12(17)11-7-15-16-13(11)14/h3-8H,1-2H3,(H3,14,15,16). The largest absolute Gasteiger partial charge is 0.491 e. The van der Waals surface area contributed by atoms with Crippen molar-refractivity contribution < 1.29 is 9.53 Å². The maximum Gasteiger partial charge on any atom is 0.198 e. The second kappa shape index (κ2) is 4.91. The summed E-state index contributed by atoms with van der Waals surface area (Å²) in [6.07, 6.45) is 1.53. The molecule has 0 spiro atoms. The Morgan fingerprint density at radius 2 is 2.00 bits per heavy atom. The summed E-state index contributed by atoms with van der Waals surface area (Å²) in [5.41, 5.74) is 6.55. The molecule has 0 bridgehead atoms. The van der Waals surface area contributed by atoms with Crippen LogP contribution in [0.15, 0.2) is 30.5 Å². The van der Waals surface area contributed by atoms with E-state index in [1.165, 1.54) is 6.20 Å². The van der Waals surface area contributed by atoms with E-state index < -0.39 is 0 Å². The van der Waals surface area contributed by atoms with Crippen molar-refractivity contribution in [2.24, 2.45) is 0 Å². The molecule has 94 valence electrons. The smallest absolute Gasteiger partial charge is 0.198 e. The number of nitrogens with two attached hydrogens (primary N) is 1. The molecule has 0 aliphatic heterocycles. The van der Waals surface area contributed by atoms with Gasteiger partial charge in [-0.15, -0.1) is 0 Å². The predicted molar refractivity (Wildman–Crippen MR) is 68.6 cm³/mol. The van der Waals surface area contributed by atoms with Crippen LogP contribution in [0.5, 0.6) is 5.75 Å². The van der Waals surface area contributed by atoms with Crippen LogP contribution in [0.3, 0.4) is 0 Å². The molecule has 0 atom stereocenters. The Morgan fingerprint density at radius 3 is 2.50 bits per heavy atom. The zero-order valence-electron chi connectivity index (χ0n) is 10.3. The molecule has 0 unspecified atom stereocenters. The minimum absolute atomic E-state index is 0.107. The highest BCUT2D eigenvalue weighted by molar-refractivity contribution is 6.11. The second-order valence-electron chi connectivity index (χ2n) is 4.22. The molecule has 1 heterocycles. The van der Waals surface area contributed by atoms with Crippen LogP contribution >= 0.6 is 0 Å². The maximum atomic E-state index is 12.1. The van der Waals surface area contributed by atoms with Crippen molar-refractivity contribution in [2.45, 2.75) is 20.0 Å². The van der Waals surface area contributed by atoms with Crippen molar-refractivity contribution in [3.8, 4) is 5.75 Å². The molecule has 0 saturated carbocycles. The fraction of sp³-hybridized carbons (Fsp3) is 0.231. The maximum absolute atomic E-state index is 12.1. The van der Waals surface area contributed by atoms with E-state index in [0.717, 1.165) is 5.75 Å². The van der Waals surface area contributed by atoms with E-state index in [1.54, 1.807) is 24.3 Å². The third-order valence-corrected chi connectivity index (χ3v) is 2.40. The van der Waals surface area contributed by atoms with Gasteiger partial charge >= 0.3 is 0 Å². The molecular weight excluding hydrogens is 230 g/mol. The van der Waals surface area contributed by atoms with Crippen molar-refractivity contribution in [1.82, 2.24) is 10.2 Å². The van der Waals surface area contributed by atoms with Crippen molar-refractivity contribution in [3.63, 3.8) is 0 Å². The SMILES string of the molecule is CC(C)Oc1ccc(C(=O)c2cn[nH]c2N)cc1. The number of rotatable bonds is 4. The fourth-order valence-corrected chi connectivity index (χ4v) is 1.59. The molecule has 0 saturated heterocycles. The quantitative estimate of drug-likeness (QED) is 0.807. The number of hydrogen-bond donors (Lipinski definition) is 2. The average molecular weight is 245 g/mol. The van der Waals surface area contributed by atoms with Crippen LogP contribution < -0.4 is 10.5 Å². The molecule has 5 nitrogen and oxygen atoms in total. The van der Waals surface area contributed by atoms with Gasteiger partial charge in [0, 0.05) is 5.56 Å². The molecule has 2 rings (SSSR count). The van der Waals surface area contributed by atoms with Gasteiger partial charge in [-0.3, -0.25) is 9.89 Å². The number of nitrogens with one attached hydrogen (secondary N) is 1. The zero-order chi connectivity index (χ0) is 13.1. The van der Waals surface area contributed by atoms with Crippen molar-refractivity contribution >= 4 is 11.6 Å². The molecule has 0 fully saturated rings. The number of aromatic nitrogens is 2. The molecule has 5 heteroatoms. The number of anilines is 1. The average Bonchev–Trinajstić information content (AvgIpc) is 2.75. The lowest BCUT2D eigenvalue weighted by atomic mass is 10.1. The Labute approximate surface area is 105 Å². The number of nitrogen functional groups attached to an aromatic ring is 1. The van der Waals surface area contributed by atoms with E-state index >= 15 is 0 Å². The molecule has 1 aromatic heterocycles. The van der Waals surface area contributed by atoms with E-state index in [9.17, 15) is 4.79 Å². The lowest BCUT2D eigenvalue weighted by Gasteiger charge is -2.09. The highest BCUT2D eigenvalue weighted by atomic mass is 16.5. The van der Waals surface area contributed by atoms with Gasteiger partial charge in [0.1, 0.15) is 11.6 Å². The van der Waals surface area contributed by atoms with Crippen LogP contribution in [-0.2, 0) is 0 Å². The lowest BCUT2D eigenvalue weighted by molar-refractivity contribution is 0.103. The molecular formula is C13H15N3O2. The summed E-state index contributed by atoms with van der Waals surface area (Å²) in [6, 6.07) is 6.96. The summed E-state index contributed by atoms with van der Waals surface area (Å²) in [7, 11) is 0. The van der Waals surface area contributed by atoms with E-state index in [1.807, 2.05) is 13.8 Å². The van der Waals surface area contributed by atoms with Gasteiger partial charge in [-0.25, -0.2) is 0 Å². The number of ketones is 1. The van der Waals surface area contributed by atoms with Crippen molar-refractivity contribution in [3.05, 3.63) is 41.6 Å². The Morgan fingerprint density at radius 1 is 1.33 bits per heavy atom. The molecule has 0 aliphatic carbocycles. The molecule has 2 aromatic rings. The Balaban J connectivity index is 2.20. The van der Waals surface area contributed by atoms with Gasteiger partial charge in [0.05, 0.1) is 17.9 Å². The van der Waals surface area contributed by atoms with Gasteiger partial charge in [-0.1, -0.05) is 0 Å². The first-order chi connectivity index (χ1) is 8.58. The van der Waals surface area contributed by atoms with Gasteiger partial charge in [-0.05, 0) is 38.1 Å². The summed E-state index contributed by atoms with van der Waals surface area (Å²) in [6.45, 7) is 3.90. The number of carbonyl (C=O) groups excluding carboxylic acids is 1. The van der Waals surface area contributed by atoms with E-state index in [-0.39, 0.29) is 17.7 Å². The summed E-state index contributed by atoms with van der Waals surface area (Å²) >= 11 is 0. The lowest BCUT2D eigenvalue weighted by Crippen LogP contribution is -2.06. The van der Waals surface area contributed by atoms with Crippen LogP contribution in [0.2, 0.25) is 0 Å². The summed E-state index contributed by atoms with van der Waals surface area (Å²) in [4.78, 5) is 12.1. The van der Waals surface area contributed by atoms with Crippen LogP contribution in [-0.4, -0.2) is 22.1 Å². The molecule has 0 amide bonds. The molecule has 0 aliphatic rings. The summed E-state index contributed by atoms with van der Waals surface area (Å²) < 4.78 is 5.51. The number of nitrogens with zero attached hydrogens (tertiary/aromatic N) is 1. The minimum atomic E-state index is -0.155. The highest BCUT2D eigenvalue weighted by Crippen LogP contribution is 2.18. The first kappa shape index (κ1) is 12.2. The van der Waals surface area contributed by atoms with Gasteiger partial charge < -0.3 is 10.5 Å².